The Morgan fingerprint density at radius 3 is 2.58 bits per heavy atom. The van der Waals surface area contributed by atoms with Crippen LogP contribution in [-0.2, 0) is 16.6 Å². The summed E-state index contributed by atoms with van der Waals surface area (Å²) in [5.41, 5.74) is 0.151. The van der Waals surface area contributed by atoms with E-state index in [-0.39, 0.29) is 5.91 Å². The van der Waals surface area contributed by atoms with E-state index >= 15 is 0 Å². The topological polar surface area (TPSA) is 73.2 Å². The third kappa shape index (κ3) is 3.33. The smallest absolute Gasteiger partial charge is 0.331 e. The minimum Gasteiger partial charge on any atom is -0.467 e. The third-order valence-corrected chi connectivity index (χ3v) is 3.12. The van der Waals surface area contributed by atoms with Crippen LogP contribution in [-0.4, -0.2) is 34.3 Å². The van der Waals surface area contributed by atoms with E-state index in [2.05, 4.69) is 10.4 Å². The molecule has 1 aromatic rings. The van der Waals surface area contributed by atoms with E-state index in [0.717, 1.165) is 12.1 Å². The van der Waals surface area contributed by atoms with Crippen molar-refractivity contribution in [2.45, 2.75) is 39.2 Å². The summed E-state index contributed by atoms with van der Waals surface area (Å²) in [5.74, 6) is -0.819. The van der Waals surface area contributed by atoms with Gasteiger partial charge in [0.2, 0.25) is 0 Å². The number of methoxy groups -OCH3 is 1. The third-order valence-electron chi connectivity index (χ3n) is 3.12. The van der Waals surface area contributed by atoms with Gasteiger partial charge in [0, 0.05) is 12.7 Å². The van der Waals surface area contributed by atoms with Crippen molar-refractivity contribution < 1.29 is 14.3 Å². The SMILES string of the molecule is CCCC(C)(NC(=O)c1cc(C)n(C)n1)C(=O)OC. The van der Waals surface area contributed by atoms with Gasteiger partial charge in [0.15, 0.2) is 0 Å². The number of hydrogen-bond acceptors (Lipinski definition) is 4. The maximum Gasteiger partial charge on any atom is 0.331 e. The van der Waals surface area contributed by atoms with Crippen molar-refractivity contribution in [3.8, 4) is 0 Å². The highest BCUT2D eigenvalue weighted by molar-refractivity contribution is 5.96. The summed E-state index contributed by atoms with van der Waals surface area (Å²) < 4.78 is 6.37. The first-order valence-electron chi connectivity index (χ1n) is 6.25. The van der Waals surface area contributed by atoms with Crippen molar-refractivity contribution in [2.75, 3.05) is 7.11 Å². The van der Waals surface area contributed by atoms with E-state index in [4.69, 9.17) is 4.74 Å². The average molecular weight is 267 g/mol. The predicted molar refractivity (Wildman–Crippen MR) is 70.7 cm³/mol. The van der Waals surface area contributed by atoms with Crippen molar-refractivity contribution in [2.24, 2.45) is 7.05 Å². The molecule has 0 bridgehead atoms. The fraction of sp³-hybridized carbons (Fsp3) is 0.615. The van der Waals surface area contributed by atoms with Gasteiger partial charge in [-0.25, -0.2) is 4.79 Å². The van der Waals surface area contributed by atoms with Crippen molar-refractivity contribution in [3.05, 3.63) is 17.5 Å². The summed E-state index contributed by atoms with van der Waals surface area (Å²) in [4.78, 5) is 23.9. The summed E-state index contributed by atoms with van der Waals surface area (Å²) in [6.07, 6.45) is 1.27. The molecule has 0 saturated heterocycles. The van der Waals surface area contributed by atoms with Gasteiger partial charge in [-0.1, -0.05) is 13.3 Å². The molecule has 0 saturated carbocycles. The van der Waals surface area contributed by atoms with E-state index in [1.807, 2.05) is 13.8 Å². The number of ether oxygens (including phenoxy) is 1. The van der Waals surface area contributed by atoms with Crippen molar-refractivity contribution >= 4 is 11.9 Å². The Morgan fingerprint density at radius 1 is 1.53 bits per heavy atom. The fourth-order valence-electron chi connectivity index (χ4n) is 1.93. The summed E-state index contributed by atoms with van der Waals surface area (Å²) >= 11 is 0. The molecule has 0 fully saturated rings. The van der Waals surface area contributed by atoms with Gasteiger partial charge in [-0.05, 0) is 26.3 Å². The predicted octanol–water partition coefficient (Wildman–Crippen LogP) is 1.19. The molecule has 1 aromatic heterocycles. The average Bonchev–Trinajstić information content (AvgIpc) is 2.69. The van der Waals surface area contributed by atoms with Gasteiger partial charge in [0.25, 0.3) is 5.91 Å². The Kier molecular flexibility index (Phi) is 4.69. The van der Waals surface area contributed by atoms with Crippen LogP contribution in [0.25, 0.3) is 0 Å². The Labute approximate surface area is 113 Å². The first kappa shape index (κ1) is 15.2. The molecule has 1 N–H and O–H groups in total. The van der Waals surface area contributed by atoms with Crippen LogP contribution in [0.1, 0.15) is 42.9 Å². The normalized spacial score (nSPS) is 13.7. The number of nitrogens with zero attached hydrogens (tertiary/aromatic N) is 2. The Bertz CT molecular complexity index is 462. The van der Waals surface area contributed by atoms with Crippen LogP contribution >= 0.6 is 0 Å². The number of amides is 1. The molecule has 1 rings (SSSR count). The minimum absolute atomic E-state index is 0.297. The van der Waals surface area contributed by atoms with Crippen LogP contribution in [0.15, 0.2) is 6.07 Å². The number of carbonyl (C=O) groups excluding carboxylic acids is 2. The van der Waals surface area contributed by atoms with Gasteiger partial charge < -0.3 is 10.1 Å². The van der Waals surface area contributed by atoms with E-state index < -0.39 is 11.5 Å². The monoisotopic (exact) mass is 267 g/mol. The Morgan fingerprint density at radius 2 is 2.16 bits per heavy atom. The van der Waals surface area contributed by atoms with Crippen molar-refractivity contribution in [1.82, 2.24) is 15.1 Å². The Hall–Kier alpha value is -1.85. The highest BCUT2D eigenvalue weighted by atomic mass is 16.5. The maximum absolute atomic E-state index is 12.1. The lowest BCUT2D eigenvalue weighted by atomic mass is 9.96. The molecule has 106 valence electrons. The Balaban J connectivity index is 2.90. The van der Waals surface area contributed by atoms with Gasteiger partial charge in [-0.3, -0.25) is 9.48 Å². The van der Waals surface area contributed by atoms with E-state index in [0.29, 0.717) is 12.1 Å². The van der Waals surface area contributed by atoms with Crippen molar-refractivity contribution in [1.29, 1.82) is 0 Å². The van der Waals surface area contributed by atoms with Crippen LogP contribution in [0.5, 0.6) is 0 Å². The van der Waals surface area contributed by atoms with Crippen LogP contribution in [0.3, 0.4) is 0 Å². The number of aryl methyl sites for hydroxylation is 2. The standard InChI is InChI=1S/C13H21N3O3/c1-6-7-13(3,12(18)19-5)14-11(17)10-8-9(2)16(4)15-10/h8H,6-7H2,1-5H3,(H,14,17). The highest BCUT2D eigenvalue weighted by Gasteiger charge is 2.35. The molecule has 0 aliphatic heterocycles. The maximum atomic E-state index is 12.1. The molecule has 1 amide bonds. The van der Waals surface area contributed by atoms with Crippen LogP contribution in [0.2, 0.25) is 0 Å². The summed E-state index contributed by atoms with van der Waals surface area (Å²) in [6, 6.07) is 1.68. The zero-order valence-corrected chi connectivity index (χ0v) is 12.1. The number of aromatic nitrogens is 2. The molecule has 1 atom stereocenters. The number of nitrogens with one attached hydrogen (secondary N) is 1. The first-order chi connectivity index (χ1) is 8.84. The largest absolute Gasteiger partial charge is 0.467 e. The lowest BCUT2D eigenvalue weighted by molar-refractivity contribution is -0.147. The quantitative estimate of drug-likeness (QED) is 0.813. The van der Waals surface area contributed by atoms with Crippen LogP contribution < -0.4 is 5.32 Å². The lowest BCUT2D eigenvalue weighted by Gasteiger charge is -2.27. The zero-order valence-electron chi connectivity index (χ0n) is 12.1. The first-order valence-corrected chi connectivity index (χ1v) is 6.25. The van der Waals surface area contributed by atoms with Gasteiger partial charge in [-0.15, -0.1) is 0 Å². The molecule has 0 aliphatic rings. The molecule has 6 nitrogen and oxygen atoms in total. The molecular formula is C13H21N3O3. The molecular weight excluding hydrogens is 246 g/mol. The molecule has 19 heavy (non-hydrogen) atoms. The molecule has 0 spiro atoms. The minimum atomic E-state index is -1.02. The number of carbonyl (C=O) groups is 2. The van der Waals surface area contributed by atoms with Gasteiger partial charge in [-0.2, -0.15) is 5.10 Å². The van der Waals surface area contributed by atoms with E-state index in [9.17, 15) is 9.59 Å². The second-order valence-corrected chi connectivity index (χ2v) is 4.82. The van der Waals surface area contributed by atoms with Gasteiger partial charge in [0.1, 0.15) is 11.2 Å². The number of hydrogen-bond donors (Lipinski definition) is 1. The lowest BCUT2D eigenvalue weighted by Crippen LogP contribution is -2.52. The molecule has 0 radical (unpaired) electrons. The zero-order chi connectivity index (χ0) is 14.6. The molecule has 1 heterocycles. The van der Waals surface area contributed by atoms with Gasteiger partial charge in [0.05, 0.1) is 7.11 Å². The molecule has 1 unspecified atom stereocenters. The van der Waals surface area contributed by atoms with Crippen molar-refractivity contribution in [3.63, 3.8) is 0 Å². The summed E-state index contributed by atoms with van der Waals surface area (Å²) in [5, 5.41) is 6.80. The molecule has 6 heteroatoms. The second-order valence-electron chi connectivity index (χ2n) is 4.82. The van der Waals surface area contributed by atoms with E-state index in [1.54, 1.807) is 24.7 Å². The molecule has 0 aromatic carbocycles. The highest BCUT2D eigenvalue weighted by Crippen LogP contribution is 2.15. The summed E-state index contributed by atoms with van der Waals surface area (Å²) in [6.45, 7) is 5.46. The number of esters is 1. The van der Waals surface area contributed by atoms with Crippen LogP contribution in [0, 0.1) is 6.92 Å². The molecule has 0 aliphatic carbocycles. The van der Waals surface area contributed by atoms with E-state index in [1.165, 1.54) is 7.11 Å². The summed E-state index contributed by atoms with van der Waals surface area (Å²) in [7, 11) is 3.07. The second kappa shape index (κ2) is 5.86. The fourth-order valence-corrected chi connectivity index (χ4v) is 1.93. The van der Waals surface area contributed by atoms with Gasteiger partial charge >= 0.3 is 5.97 Å². The number of rotatable bonds is 5. The van der Waals surface area contributed by atoms with Crippen LogP contribution in [0.4, 0.5) is 0 Å².